The molecule has 0 saturated carbocycles. The molecule has 2 heterocycles. The number of aryl methyl sites for hydroxylation is 1. The molecule has 1 amide bonds. The van der Waals surface area contributed by atoms with Crippen LogP contribution in [-0.4, -0.2) is 29.9 Å². The maximum atomic E-state index is 12.0. The van der Waals surface area contributed by atoms with Gasteiger partial charge in [0.1, 0.15) is 5.69 Å². The smallest absolute Gasteiger partial charge is 0.250 e. The number of nitrogens with zero attached hydrogens (tertiary/aromatic N) is 2. The highest BCUT2D eigenvalue weighted by atomic mass is 16.5. The molecule has 0 aliphatic rings. The molecule has 7 heteroatoms. The van der Waals surface area contributed by atoms with Crippen LogP contribution in [0.3, 0.4) is 0 Å². The lowest BCUT2D eigenvalue weighted by molar-refractivity contribution is 0.0999. The van der Waals surface area contributed by atoms with Crippen LogP contribution in [0.15, 0.2) is 65.2 Å². The Morgan fingerprint density at radius 2 is 1.78 bits per heavy atom. The van der Waals surface area contributed by atoms with E-state index in [1.165, 1.54) is 0 Å². The first-order valence-corrected chi connectivity index (χ1v) is 10.2. The average Bonchev–Trinajstić information content (AvgIpc) is 3.43. The largest absolute Gasteiger partial charge is 0.493 e. The Labute approximate surface area is 186 Å². The predicted octanol–water partition coefficient (Wildman–Crippen LogP) is 4.48. The number of hydrogen-bond donors (Lipinski definition) is 1. The Kier molecular flexibility index (Phi) is 5.98. The van der Waals surface area contributed by atoms with Crippen molar-refractivity contribution in [2.24, 2.45) is 5.73 Å². The van der Waals surface area contributed by atoms with Gasteiger partial charge in [0, 0.05) is 23.9 Å². The first-order valence-electron chi connectivity index (χ1n) is 10.2. The molecule has 0 atom stereocenters. The van der Waals surface area contributed by atoms with E-state index >= 15 is 0 Å². The van der Waals surface area contributed by atoms with Crippen molar-refractivity contribution in [2.75, 3.05) is 14.2 Å². The van der Waals surface area contributed by atoms with Gasteiger partial charge in [0.25, 0.3) is 5.91 Å². The third-order valence-corrected chi connectivity index (χ3v) is 5.53. The van der Waals surface area contributed by atoms with Gasteiger partial charge >= 0.3 is 0 Å². The number of hydrogen-bond acceptors (Lipinski definition) is 5. The molecule has 2 N–H and O–H groups in total. The zero-order valence-electron chi connectivity index (χ0n) is 18.3. The Hall–Kier alpha value is -4.00. The van der Waals surface area contributed by atoms with E-state index < -0.39 is 5.91 Å². The number of nitrogens with two attached hydrogens (primary N) is 1. The number of carbonyl (C=O) groups is 1. The van der Waals surface area contributed by atoms with E-state index in [4.69, 9.17) is 19.7 Å². The number of aromatic nitrogens is 2. The Morgan fingerprint density at radius 3 is 2.47 bits per heavy atom. The first kappa shape index (κ1) is 21.2. The van der Waals surface area contributed by atoms with Crippen molar-refractivity contribution in [1.82, 2.24) is 9.72 Å². The van der Waals surface area contributed by atoms with Gasteiger partial charge in [0.15, 0.2) is 17.3 Å². The normalized spacial score (nSPS) is 10.8. The van der Waals surface area contributed by atoms with Crippen LogP contribution in [0.5, 0.6) is 11.5 Å². The van der Waals surface area contributed by atoms with Crippen molar-refractivity contribution in [3.63, 3.8) is 0 Å². The quantitative estimate of drug-likeness (QED) is 0.444. The topological polar surface area (TPSA) is 92.5 Å². The molecule has 32 heavy (non-hydrogen) atoms. The third kappa shape index (κ3) is 4.09. The summed E-state index contributed by atoms with van der Waals surface area (Å²) in [5.41, 5.74) is 10.3. The lowest BCUT2D eigenvalue weighted by Gasteiger charge is -2.12. The second-order valence-electron chi connectivity index (χ2n) is 7.43. The number of amides is 1. The lowest BCUT2D eigenvalue weighted by atomic mass is 10.1. The van der Waals surface area contributed by atoms with Crippen LogP contribution in [-0.2, 0) is 13.0 Å². The van der Waals surface area contributed by atoms with Gasteiger partial charge in [0.05, 0.1) is 25.5 Å². The van der Waals surface area contributed by atoms with E-state index in [0.29, 0.717) is 41.5 Å². The van der Waals surface area contributed by atoms with Gasteiger partial charge in [0.2, 0.25) is 0 Å². The lowest BCUT2D eigenvalue weighted by Crippen LogP contribution is -2.13. The van der Waals surface area contributed by atoms with Crippen LogP contribution in [0, 0.1) is 6.92 Å². The molecule has 0 unspecified atom stereocenters. The SMILES string of the molecule is COc1ccc(CCn2c(-c3cc(-c4ccccc4)on3)cc(C(N)=O)c2C)cc1OC. The molecule has 164 valence electrons. The second-order valence-corrected chi connectivity index (χ2v) is 7.43. The molecule has 7 nitrogen and oxygen atoms in total. The molecule has 4 rings (SSSR count). The molecule has 0 fully saturated rings. The van der Waals surface area contributed by atoms with Crippen LogP contribution in [0.2, 0.25) is 0 Å². The Balaban J connectivity index is 1.67. The van der Waals surface area contributed by atoms with E-state index in [1.807, 2.05) is 66.1 Å². The molecule has 2 aromatic heterocycles. The number of primary amides is 1. The summed E-state index contributed by atoms with van der Waals surface area (Å²) < 4.78 is 18.4. The molecular formula is C25H25N3O4. The molecule has 0 spiro atoms. The number of rotatable bonds is 8. The molecular weight excluding hydrogens is 406 g/mol. The minimum atomic E-state index is -0.472. The van der Waals surface area contributed by atoms with Crippen LogP contribution < -0.4 is 15.2 Å². The van der Waals surface area contributed by atoms with Crippen molar-refractivity contribution in [3.05, 3.63) is 77.5 Å². The van der Waals surface area contributed by atoms with E-state index in [0.717, 1.165) is 22.5 Å². The van der Waals surface area contributed by atoms with E-state index in [-0.39, 0.29) is 0 Å². The van der Waals surface area contributed by atoms with Crippen molar-refractivity contribution >= 4 is 5.91 Å². The van der Waals surface area contributed by atoms with Gasteiger partial charge in [-0.15, -0.1) is 0 Å². The highest BCUT2D eigenvalue weighted by Gasteiger charge is 2.20. The summed E-state index contributed by atoms with van der Waals surface area (Å²) >= 11 is 0. The van der Waals surface area contributed by atoms with E-state index in [9.17, 15) is 4.79 Å². The Bertz CT molecular complexity index is 1240. The Morgan fingerprint density at radius 1 is 1.03 bits per heavy atom. The third-order valence-electron chi connectivity index (χ3n) is 5.53. The van der Waals surface area contributed by atoms with Gasteiger partial charge in [-0.2, -0.15) is 0 Å². The number of benzene rings is 2. The summed E-state index contributed by atoms with van der Waals surface area (Å²) in [4.78, 5) is 12.0. The predicted molar refractivity (Wildman–Crippen MR) is 122 cm³/mol. The number of methoxy groups -OCH3 is 2. The fourth-order valence-corrected chi connectivity index (χ4v) is 3.81. The van der Waals surface area contributed by atoms with Crippen molar-refractivity contribution in [1.29, 1.82) is 0 Å². The summed E-state index contributed by atoms with van der Waals surface area (Å²) in [6.07, 6.45) is 0.713. The van der Waals surface area contributed by atoms with Crippen LogP contribution in [0.1, 0.15) is 21.6 Å². The summed E-state index contributed by atoms with van der Waals surface area (Å²) in [6.45, 7) is 2.51. The zero-order chi connectivity index (χ0) is 22.7. The fourth-order valence-electron chi connectivity index (χ4n) is 3.81. The molecule has 2 aromatic carbocycles. The number of ether oxygens (including phenoxy) is 2. The van der Waals surface area contributed by atoms with Crippen molar-refractivity contribution < 1.29 is 18.8 Å². The zero-order valence-corrected chi connectivity index (χ0v) is 18.3. The summed E-state index contributed by atoms with van der Waals surface area (Å²) in [6, 6.07) is 19.2. The standard InChI is InChI=1S/C25H25N3O4/c1-16-19(25(26)29)14-21(20-15-23(32-27-20)18-7-5-4-6-8-18)28(16)12-11-17-9-10-22(30-2)24(13-17)31-3/h4-10,13-15H,11-12H2,1-3H3,(H2,26,29). The minimum Gasteiger partial charge on any atom is -0.493 e. The van der Waals surface area contributed by atoms with E-state index in [1.54, 1.807) is 20.3 Å². The van der Waals surface area contributed by atoms with Crippen LogP contribution in [0.25, 0.3) is 22.7 Å². The molecule has 0 aliphatic heterocycles. The average molecular weight is 431 g/mol. The van der Waals surface area contributed by atoms with E-state index in [2.05, 4.69) is 5.16 Å². The minimum absolute atomic E-state index is 0.469. The second kappa shape index (κ2) is 9.01. The van der Waals surface area contributed by atoms with Gasteiger partial charge in [-0.1, -0.05) is 41.6 Å². The highest BCUT2D eigenvalue weighted by molar-refractivity contribution is 5.95. The molecule has 4 aromatic rings. The van der Waals surface area contributed by atoms with Gasteiger partial charge in [-0.3, -0.25) is 4.79 Å². The van der Waals surface area contributed by atoms with Crippen molar-refractivity contribution in [3.8, 4) is 34.2 Å². The molecule has 0 aliphatic carbocycles. The molecule has 0 bridgehead atoms. The fraction of sp³-hybridized carbons (Fsp3) is 0.200. The summed E-state index contributed by atoms with van der Waals surface area (Å²) in [7, 11) is 3.23. The summed E-state index contributed by atoms with van der Waals surface area (Å²) in [5.74, 6) is 1.55. The molecule has 0 saturated heterocycles. The maximum absolute atomic E-state index is 12.0. The number of carbonyl (C=O) groups excluding carboxylic acids is 1. The monoisotopic (exact) mass is 431 g/mol. The summed E-state index contributed by atoms with van der Waals surface area (Å²) in [5, 5.41) is 4.26. The van der Waals surface area contributed by atoms with Crippen LogP contribution in [0.4, 0.5) is 0 Å². The van der Waals surface area contributed by atoms with Gasteiger partial charge < -0.3 is 24.3 Å². The maximum Gasteiger partial charge on any atom is 0.250 e. The molecule has 0 radical (unpaired) electrons. The highest BCUT2D eigenvalue weighted by Crippen LogP contribution is 2.31. The van der Waals surface area contributed by atoms with Gasteiger partial charge in [-0.25, -0.2) is 0 Å². The van der Waals surface area contributed by atoms with Crippen LogP contribution >= 0.6 is 0 Å². The van der Waals surface area contributed by atoms with Gasteiger partial charge in [-0.05, 0) is 37.1 Å². The first-order chi connectivity index (χ1) is 15.5. The van der Waals surface area contributed by atoms with Crippen molar-refractivity contribution in [2.45, 2.75) is 19.9 Å².